The molecule has 3 nitrogen and oxygen atoms in total. The molecule has 2 unspecified atom stereocenters. The molecule has 0 aliphatic carbocycles. The van der Waals surface area contributed by atoms with Crippen molar-refractivity contribution in [1.82, 2.24) is 15.5 Å². The van der Waals surface area contributed by atoms with Crippen LogP contribution < -0.4 is 5.32 Å². The van der Waals surface area contributed by atoms with Crippen molar-refractivity contribution in [1.29, 1.82) is 0 Å². The van der Waals surface area contributed by atoms with Gasteiger partial charge in [0.05, 0.1) is 5.69 Å². The zero-order valence-electron chi connectivity index (χ0n) is 10.2. The molecular weight excluding hydrogens is 236 g/mol. The summed E-state index contributed by atoms with van der Waals surface area (Å²) in [6.07, 6.45) is 1.66. The third kappa shape index (κ3) is 2.73. The Labute approximate surface area is 104 Å². The molecule has 2 atom stereocenters. The zero-order valence-corrected chi connectivity index (χ0v) is 10.2. The number of aromatic nitrogens is 2. The number of aromatic amines is 1. The van der Waals surface area contributed by atoms with Gasteiger partial charge in [0.2, 0.25) is 0 Å². The molecule has 0 radical (unpaired) electrons. The predicted molar refractivity (Wildman–Crippen MR) is 64.9 cm³/mol. The topological polar surface area (TPSA) is 40.7 Å². The molecule has 0 aliphatic heterocycles. The number of rotatable bonds is 4. The smallest absolute Gasteiger partial charge is 0.130 e. The van der Waals surface area contributed by atoms with Gasteiger partial charge < -0.3 is 5.32 Å². The van der Waals surface area contributed by atoms with Crippen molar-refractivity contribution in [3.05, 3.63) is 53.4 Å². The number of halogens is 2. The largest absolute Gasteiger partial charge is 0.302 e. The predicted octanol–water partition coefficient (Wildman–Crippen LogP) is 3.10. The molecular formula is C13H15F2N3. The third-order valence-electron chi connectivity index (χ3n) is 2.92. The van der Waals surface area contributed by atoms with Crippen LogP contribution in [0.25, 0.3) is 0 Å². The lowest BCUT2D eigenvalue weighted by Gasteiger charge is -2.19. The maximum absolute atomic E-state index is 13.6. The van der Waals surface area contributed by atoms with Crippen LogP contribution in [0.1, 0.15) is 37.2 Å². The van der Waals surface area contributed by atoms with Gasteiger partial charge in [-0.05, 0) is 26.0 Å². The van der Waals surface area contributed by atoms with E-state index < -0.39 is 11.6 Å². The highest BCUT2D eigenvalue weighted by Crippen LogP contribution is 2.21. The van der Waals surface area contributed by atoms with Crippen LogP contribution in [-0.4, -0.2) is 10.2 Å². The molecule has 0 spiro atoms. The van der Waals surface area contributed by atoms with Gasteiger partial charge in [-0.3, -0.25) is 5.10 Å². The molecule has 18 heavy (non-hydrogen) atoms. The highest BCUT2D eigenvalue weighted by Gasteiger charge is 2.15. The second-order valence-electron chi connectivity index (χ2n) is 4.29. The van der Waals surface area contributed by atoms with Crippen molar-refractivity contribution in [3.8, 4) is 0 Å². The van der Waals surface area contributed by atoms with Gasteiger partial charge >= 0.3 is 0 Å². The summed E-state index contributed by atoms with van der Waals surface area (Å²) in [5.74, 6) is -1.10. The van der Waals surface area contributed by atoms with E-state index in [1.807, 2.05) is 19.9 Å². The number of H-pyrrole nitrogens is 1. The first-order chi connectivity index (χ1) is 8.58. The van der Waals surface area contributed by atoms with Crippen LogP contribution in [0.15, 0.2) is 30.5 Å². The van der Waals surface area contributed by atoms with Crippen LogP contribution in [0.3, 0.4) is 0 Å². The lowest BCUT2D eigenvalue weighted by molar-refractivity contribution is 0.464. The van der Waals surface area contributed by atoms with E-state index >= 15 is 0 Å². The zero-order chi connectivity index (χ0) is 13.1. The first-order valence-electron chi connectivity index (χ1n) is 5.78. The Hall–Kier alpha value is -1.75. The number of benzene rings is 1. The number of nitrogens with zero attached hydrogens (tertiary/aromatic N) is 1. The Morgan fingerprint density at radius 2 is 1.94 bits per heavy atom. The van der Waals surface area contributed by atoms with Crippen LogP contribution in [0.5, 0.6) is 0 Å². The van der Waals surface area contributed by atoms with Crippen LogP contribution in [0.4, 0.5) is 8.78 Å². The van der Waals surface area contributed by atoms with Gasteiger partial charge in [0, 0.05) is 29.9 Å². The van der Waals surface area contributed by atoms with Crippen LogP contribution in [-0.2, 0) is 0 Å². The molecule has 2 rings (SSSR count). The van der Waals surface area contributed by atoms with Gasteiger partial charge in [-0.2, -0.15) is 5.10 Å². The SMILES string of the molecule is CC(NC(C)c1ccc(F)cc1F)c1ccn[nH]1. The first kappa shape index (κ1) is 12.7. The molecule has 2 N–H and O–H groups in total. The molecule has 0 saturated carbocycles. The lowest BCUT2D eigenvalue weighted by atomic mass is 10.1. The second kappa shape index (κ2) is 5.27. The summed E-state index contributed by atoms with van der Waals surface area (Å²) >= 11 is 0. The molecule has 0 amide bonds. The monoisotopic (exact) mass is 251 g/mol. The normalized spacial score (nSPS) is 14.4. The number of nitrogens with one attached hydrogen (secondary N) is 2. The van der Waals surface area contributed by atoms with E-state index in [1.165, 1.54) is 12.1 Å². The molecule has 1 heterocycles. The summed E-state index contributed by atoms with van der Waals surface area (Å²) < 4.78 is 26.4. The summed E-state index contributed by atoms with van der Waals surface area (Å²) in [7, 11) is 0. The minimum atomic E-state index is -0.565. The molecule has 0 saturated heterocycles. The Bertz CT molecular complexity index is 511. The second-order valence-corrected chi connectivity index (χ2v) is 4.29. The molecule has 0 fully saturated rings. The van der Waals surface area contributed by atoms with Crippen molar-refractivity contribution < 1.29 is 8.78 Å². The lowest BCUT2D eigenvalue weighted by Crippen LogP contribution is -2.23. The Kier molecular flexibility index (Phi) is 3.72. The van der Waals surface area contributed by atoms with E-state index in [-0.39, 0.29) is 12.1 Å². The molecule has 1 aromatic heterocycles. The minimum Gasteiger partial charge on any atom is -0.302 e. The Balaban J connectivity index is 2.10. The summed E-state index contributed by atoms with van der Waals surface area (Å²) in [5.41, 5.74) is 1.37. The van der Waals surface area contributed by atoms with Crippen LogP contribution >= 0.6 is 0 Å². The molecule has 96 valence electrons. The molecule has 0 bridgehead atoms. The maximum atomic E-state index is 13.6. The molecule has 5 heteroatoms. The Morgan fingerprint density at radius 3 is 2.56 bits per heavy atom. The summed E-state index contributed by atoms with van der Waals surface area (Å²) in [4.78, 5) is 0. The van der Waals surface area contributed by atoms with E-state index in [0.717, 1.165) is 11.8 Å². The fraction of sp³-hybridized carbons (Fsp3) is 0.308. The summed E-state index contributed by atoms with van der Waals surface area (Å²) in [6, 6.07) is 5.26. The standard InChI is InChI=1S/C13H15F2N3/c1-8(11-4-3-10(14)7-12(11)15)17-9(2)13-5-6-16-18-13/h3-9,17H,1-2H3,(H,16,18). The molecule has 1 aromatic carbocycles. The van der Waals surface area contributed by atoms with Crippen LogP contribution in [0.2, 0.25) is 0 Å². The summed E-state index contributed by atoms with van der Waals surface area (Å²) in [5, 5.41) is 9.94. The first-order valence-corrected chi connectivity index (χ1v) is 5.78. The quantitative estimate of drug-likeness (QED) is 0.876. The number of hydrogen-bond donors (Lipinski definition) is 2. The van der Waals surface area contributed by atoms with E-state index in [0.29, 0.717) is 5.56 Å². The summed E-state index contributed by atoms with van der Waals surface area (Å²) in [6.45, 7) is 3.79. The van der Waals surface area contributed by atoms with Gasteiger partial charge in [-0.15, -0.1) is 0 Å². The van der Waals surface area contributed by atoms with E-state index in [9.17, 15) is 8.78 Å². The maximum Gasteiger partial charge on any atom is 0.130 e. The van der Waals surface area contributed by atoms with Crippen molar-refractivity contribution in [3.63, 3.8) is 0 Å². The average Bonchev–Trinajstić information content (AvgIpc) is 2.81. The van der Waals surface area contributed by atoms with Crippen molar-refractivity contribution >= 4 is 0 Å². The Morgan fingerprint density at radius 1 is 1.17 bits per heavy atom. The van der Waals surface area contributed by atoms with Gasteiger partial charge in [0.15, 0.2) is 0 Å². The van der Waals surface area contributed by atoms with E-state index in [2.05, 4.69) is 15.5 Å². The highest BCUT2D eigenvalue weighted by atomic mass is 19.1. The fourth-order valence-corrected chi connectivity index (χ4v) is 1.92. The van der Waals surface area contributed by atoms with Gasteiger partial charge in [0.25, 0.3) is 0 Å². The van der Waals surface area contributed by atoms with Crippen molar-refractivity contribution in [2.24, 2.45) is 0 Å². The van der Waals surface area contributed by atoms with Gasteiger partial charge in [0.1, 0.15) is 11.6 Å². The van der Waals surface area contributed by atoms with Crippen molar-refractivity contribution in [2.75, 3.05) is 0 Å². The molecule has 2 aromatic rings. The van der Waals surface area contributed by atoms with Gasteiger partial charge in [-0.1, -0.05) is 6.07 Å². The fourth-order valence-electron chi connectivity index (χ4n) is 1.92. The number of hydrogen-bond acceptors (Lipinski definition) is 2. The third-order valence-corrected chi connectivity index (χ3v) is 2.92. The van der Waals surface area contributed by atoms with Crippen LogP contribution in [0, 0.1) is 11.6 Å². The average molecular weight is 251 g/mol. The van der Waals surface area contributed by atoms with Crippen molar-refractivity contribution in [2.45, 2.75) is 25.9 Å². The minimum absolute atomic E-state index is 0.00644. The molecule has 0 aliphatic rings. The van der Waals surface area contributed by atoms with E-state index in [1.54, 1.807) is 6.20 Å². The van der Waals surface area contributed by atoms with E-state index in [4.69, 9.17) is 0 Å². The highest BCUT2D eigenvalue weighted by molar-refractivity contribution is 5.22. The van der Waals surface area contributed by atoms with Gasteiger partial charge in [-0.25, -0.2) is 8.78 Å².